The van der Waals surface area contributed by atoms with Crippen LogP contribution < -0.4 is 15.2 Å². The van der Waals surface area contributed by atoms with E-state index >= 15 is 0 Å². The molecule has 20 heavy (non-hydrogen) atoms. The van der Waals surface area contributed by atoms with E-state index in [4.69, 9.17) is 5.14 Å². The van der Waals surface area contributed by atoms with Crippen molar-refractivity contribution in [3.05, 3.63) is 12.7 Å². The molecular weight excluding hydrogens is 280 g/mol. The first kappa shape index (κ1) is 17.1. The second-order valence-electron chi connectivity index (χ2n) is 5.11. The fraction of sp³-hybridized carbons (Fsp3) is 0.750. The van der Waals surface area contributed by atoms with Crippen LogP contribution in [0.15, 0.2) is 12.7 Å². The standard InChI is InChI=1S/C12H24N4O3S/c1-3-6-14-12(17)10(2)16-7-4-5-11(9-16)8-15-20(13,18)19/h3,10-11,15H,1,4-9H2,2H3,(H,14,17)(H2,13,18,19)/t10-,11+/m1/s1. The van der Waals surface area contributed by atoms with E-state index in [2.05, 4.69) is 21.5 Å². The summed E-state index contributed by atoms with van der Waals surface area (Å²) in [6, 6.07) is -0.229. The Morgan fingerprint density at radius 1 is 1.60 bits per heavy atom. The lowest BCUT2D eigenvalue weighted by Crippen LogP contribution is -2.50. The van der Waals surface area contributed by atoms with Crippen molar-refractivity contribution < 1.29 is 13.2 Å². The number of likely N-dealkylation sites (tertiary alicyclic amines) is 1. The van der Waals surface area contributed by atoms with E-state index in [1.807, 2.05) is 6.92 Å². The van der Waals surface area contributed by atoms with E-state index < -0.39 is 10.2 Å². The van der Waals surface area contributed by atoms with Gasteiger partial charge in [-0.1, -0.05) is 6.08 Å². The van der Waals surface area contributed by atoms with Gasteiger partial charge in [-0.15, -0.1) is 6.58 Å². The van der Waals surface area contributed by atoms with Crippen LogP contribution in [0.25, 0.3) is 0 Å². The smallest absolute Gasteiger partial charge is 0.274 e. The molecule has 0 saturated carbocycles. The van der Waals surface area contributed by atoms with Gasteiger partial charge in [0, 0.05) is 19.6 Å². The predicted octanol–water partition coefficient (Wildman–Crippen LogP) is -0.818. The van der Waals surface area contributed by atoms with Crippen molar-refractivity contribution in [1.29, 1.82) is 0 Å². The summed E-state index contributed by atoms with van der Waals surface area (Å²) in [6.07, 6.45) is 3.51. The maximum atomic E-state index is 11.9. The Morgan fingerprint density at radius 2 is 2.30 bits per heavy atom. The Hall–Kier alpha value is -0.960. The summed E-state index contributed by atoms with van der Waals surface area (Å²) in [5.74, 6) is 0.140. The van der Waals surface area contributed by atoms with Crippen LogP contribution in [0.4, 0.5) is 0 Å². The molecule has 1 amide bonds. The van der Waals surface area contributed by atoms with Crippen LogP contribution in [0.3, 0.4) is 0 Å². The van der Waals surface area contributed by atoms with Gasteiger partial charge < -0.3 is 5.32 Å². The summed E-state index contributed by atoms with van der Waals surface area (Å²) in [5.41, 5.74) is 0. The first-order valence-corrected chi connectivity index (χ1v) is 8.28. The minimum Gasteiger partial charge on any atom is -0.351 e. The summed E-state index contributed by atoms with van der Waals surface area (Å²) in [7, 11) is -3.65. The topological polar surface area (TPSA) is 105 Å². The molecule has 1 aliphatic rings. The van der Waals surface area contributed by atoms with E-state index in [0.717, 1.165) is 19.4 Å². The molecule has 0 aromatic rings. The number of hydrogen-bond donors (Lipinski definition) is 3. The van der Waals surface area contributed by atoms with Gasteiger partial charge in [-0.2, -0.15) is 8.42 Å². The molecule has 2 atom stereocenters. The summed E-state index contributed by atoms with van der Waals surface area (Å²) in [6.45, 7) is 7.71. The molecule has 4 N–H and O–H groups in total. The SMILES string of the molecule is C=CCNC(=O)[C@@H](C)N1CCC[C@@H](CNS(N)(=O)=O)C1. The third-order valence-corrected chi connectivity index (χ3v) is 4.04. The normalized spacial score (nSPS) is 22.2. The van der Waals surface area contributed by atoms with Crippen molar-refractivity contribution >= 4 is 16.1 Å². The highest BCUT2D eigenvalue weighted by Gasteiger charge is 2.27. The molecule has 0 radical (unpaired) electrons. The molecule has 8 heteroatoms. The van der Waals surface area contributed by atoms with Gasteiger partial charge in [-0.05, 0) is 32.2 Å². The van der Waals surface area contributed by atoms with Crippen LogP contribution in [-0.2, 0) is 15.0 Å². The van der Waals surface area contributed by atoms with Crippen LogP contribution >= 0.6 is 0 Å². The van der Waals surface area contributed by atoms with Gasteiger partial charge >= 0.3 is 0 Å². The number of nitrogens with zero attached hydrogens (tertiary/aromatic N) is 1. The van der Waals surface area contributed by atoms with Gasteiger partial charge in [0.05, 0.1) is 6.04 Å². The van der Waals surface area contributed by atoms with Gasteiger partial charge in [-0.3, -0.25) is 9.69 Å². The fourth-order valence-corrected chi connectivity index (χ4v) is 2.80. The number of nitrogens with two attached hydrogens (primary N) is 1. The fourth-order valence-electron chi connectivity index (χ4n) is 2.34. The first-order chi connectivity index (χ1) is 9.33. The molecule has 1 aliphatic heterocycles. The Balaban J connectivity index is 2.47. The summed E-state index contributed by atoms with van der Waals surface area (Å²) in [4.78, 5) is 14.0. The molecule has 1 rings (SSSR count). The van der Waals surface area contributed by atoms with E-state index in [-0.39, 0.29) is 17.9 Å². The number of nitrogens with one attached hydrogen (secondary N) is 2. The van der Waals surface area contributed by atoms with Crippen molar-refractivity contribution in [2.24, 2.45) is 11.1 Å². The molecule has 0 unspecified atom stereocenters. The minimum absolute atomic E-state index is 0.0371. The molecule has 1 saturated heterocycles. The largest absolute Gasteiger partial charge is 0.351 e. The van der Waals surface area contributed by atoms with Crippen molar-refractivity contribution in [3.8, 4) is 0 Å². The summed E-state index contributed by atoms with van der Waals surface area (Å²) in [5, 5.41) is 7.69. The monoisotopic (exact) mass is 304 g/mol. The third-order valence-electron chi connectivity index (χ3n) is 3.47. The molecule has 0 spiro atoms. The zero-order valence-electron chi connectivity index (χ0n) is 11.8. The number of hydrogen-bond acceptors (Lipinski definition) is 4. The van der Waals surface area contributed by atoms with Crippen LogP contribution in [0.1, 0.15) is 19.8 Å². The molecule has 0 bridgehead atoms. The average Bonchev–Trinajstić information content (AvgIpc) is 2.41. The summed E-state index contributed by atoms with van der Waals surface area (Å²) >= 11 is 0. The van der Waals surface area contributed by atoms with Crippen LogP contribution in [0.5, 0.6) is 0 Å². The molecule has 0 aromatic carbocycles. The van der Waals surface area contributed by atoms with E-state index in [1.54, 1.807) is 6.08 Å². The lowest BCUT2D eigenvalue weighted by molar-refractivity contribution is -0.126. The Kier molecular flexibility index (Phi) is 6.60. The Bertz CT molecular complexity index is 438. The lowest BCUT2D eigenvalue weighted by Gasteiger charge is -2.36. The molecule has 116 valence electrons. The molecule has 0 aromatic heterocycles. The Labute approximate surface area is 120 Å². The quantitative estimate of drug-likeness (QED) is 0.535. The van der Waals surface area contributed by atoms with Crippen molar-refractivity contribution in [2.75, 3.05) is 26.2 Å². The molecule has 1 fully saturated rings. The van der Waals surface area contributed by atoms with Crippen LogP contribution in [0.2, 0.25) is 0 Å². The number of amides is 1. The maximum absolute atomic E-state index is 11.9. The predicted molar refractivity (Wildman–Crippen MR) is 78.1 cm³/mol. The lowest BCUT2D eigenvalue weighted by atomic mass is 9.97. The average molecular weight is 304 g/mol. The van der Waals surface area contributed by atoms with Crippen LogP contribution in [0, 0.1) is 5.92 Å². The maximum Gasteiger partial charge on any atom is 0.274 e. The van der Waals surface area contributed by atoms with Crippen LogP contribution in [-0.4, -0.2) is 51.4 Å². The second kappa shape index (κ2) is 7.72. The number of rotatable bonds is 7. The minimum atomic E-state index is -3.65. The molecule has 7 nitrogen and oxygen atoms in total. The number of piperidine rings is 1. The van der Waals surface area contributed by atoms with Gasteiger partial charge in [0.2, 0.25) is 5.91 Å². The highest BCUT2D eigenvalue weighted by atomic mass is 32.2. The van der Waals surface area contributed by atoms with E-state index in [9.17, 15) is 13.2 Å². The summed E-state index contributed by atoms with van der Waals surface area (Å²) < 4.78 is 24.1. The first-order valence-electron chi connectivity index (χ1n) is 6.73. The molecular formula is C12H24N4O3S. The zero-order valence-corrected chi connectivity index (χ0v) is 12.7. The molecule has 0 aliphatic carbocycles. The zero-order chi connectivity index (χ0) is 15.2. The van der Waals surface area contributed by atoms with Gasteiger partial charge in [0.25, 0.3) is 10.2 Å². The highest BCUT2D eigenvalue weighted by Crippen LogP contribution is 2.18. The van der Waals surface area contributed by atoms with E-state index in [0.29, 0.717) is 19.6 Å². The van der Waals surface area contributed by atoms with Gasteiger partial charge in [0.1, 0.15) is 0 Å². The third kappa shape index (κ3) is 6.00. The van der Waals surface area contributed by atoms with E-state index in [1.165, 1.54) is 0 Å². The van der Waals surface area contributed by atoms with Gasteiger partial charge in [0.15, 0.2) is 0 Å². The second-order valence-corrected chi connectivity index (χ2v) is 6.49. The molecule has 1 heterocycles. The van der Waals surface area contributed by atoms with Gasteiger partial charge in [-0.25, -0.2) is 9.86 Å². The Morgan fingerprint density at radius 3 is 2.90 bits per heavy atom. The highest BCUT2D eigenvalue weighted by molar-refractivity contribution is 7.87. The van der Waals surface area contributed by atoms with Crippen molar-refractivity contribution in [1.82, 2.24) is 14.9 Å². The van der Waals surface area contributed by atoms with Crippen molar-refractivity contribution in [3.63, 3.8) is 0 Å². The number of carbonyl (C=O) groups is 1. The number of carbonyl (C=O) groups excluding carboxylic acids is 1. The van der Waals surface area contributed by atoms with Crippen molar-refractivity contribution in [2.45, 2.75) is 25.8 Å².